The minimum absolute atomic E-state index is 0.402. The minimum Gasteiger partial charge on any atom is -0.366 e. The lowest BCUT2D eigenvalue weighted by atomic mass is 10.1. The van der Waals surface area contributed by atoms with E-state index in [-0.39, 0.29) is 0 Å². The number of benzene rings is 2. The van der Waals surface area contributed by atoms with Crippen LogP contribution in [-0.4, -0.2) is 17.4 Å². The van der Waals surface area contributed by atoms with Crippen molar-refractivity contribution in [1.82, 2.24) is 10.3 Å². The average Bonchev–Trinajstić information content (AvgIpc) is 2.58. The molecule has 5 heteroatoms. The number of aromatic nitrogens is 1. The molecule has 0 unspecified atom stereocenters. The van der Waals surface area contributed by atoms with E-state index >= 15 is 0 Å². The zero-order valence-electron chi connectivity index (χ0n) is 13.1. The Morgan fingerprint density at radius 2 is 2.04 bits per heavy atom. The van der Waals surface area contributed by atoms with Crippen molar-refractivity contribution < 1.29 is 4.79 Å². The van der Waals surface area contributed by atoms with Gasteiger partial charge in [0.1, 0.15) is 0 Å². The number of carbonyl (C=O) groups excluding carboxylic acids is 1. The van der Waals surface area contributed by atoms with Gasteiger partial charge in [0, 0.05) is 28.7 Å². The highest BCUT2D eigenvalue weighted by Crippen LogP contribution is 2.22. The van der Waals surface area contributed by atoms with Crippen molar-refractivity contribution in [2.24, 2.45) is 5.73 Å². The Hall–Kier alpha value is -2.43. The third-order valence-electron chi connectivity index (χ3n) is 3.87. The molecule has 0 aliphatic heterocycles. The first kappa shape index (κ1) is 16.4. The van der Waals surface area contributed by atoms with E-state index < -0.39 is 5.91 Å². The van der Waals surface area contributed by atoms with Crippen LogP contribution in [0.1, 0.15) is 21.5 Å². The smallest absolute Gasteiger partial charge is 0.248 e. The summed E-state index contributed by atoms with van der Waals surface area (Å²) in [5.41, 5.74) is 8.96. The van der Waals surface area contributed by atoms with Gasteiger partial charge in [-0.2, -0.15) is 0 Å². The Morgan fingerprint density at radius 1 is 1.17 bits per heavy atom. The normalized spacial score (nSPS) is 10.9. The summed E-state index contributed by atoms with van der Waals surface area (Å²) in [6, 6.07) is 15.2. The van der Waals surface area contributed by atoms with Crippen LogP contribution in [-0.2, 0) is 13.0 Å². The van der Waals surface area contributed by atoms with Crippen LogP contribution in [0.3, 0.4) is 0 Å². The molecule has 1 amide bonds. The summed E-state index contributed by atoms with van der Waals surface area (Å²) < 4.78 is 0. The van der Waals surface area contributed by atoms with Gasteiger partial charge in [0.2, 0.25) is 5.91 Å². The molecule has 2 aromatic carbocycles. The molecule has 4 nitrogen and oxygen atoms in total. The van der Waals surface area contributed by atoms with Gasteiger partial charge in [-0.15, -0.1) is 0 Å². The second-order valence-corrected chi connectivity index (χ2v) is 6.07. The molecule has 0 saturated heterocycles. The molecule has 0 radical (unpaired) electrons. The predicted molar refractivity (Wildman–Crippen MR) is 97.1 cm³/mol. The molecule has 0 atom stereocenters. The van der Waals surface area contributed by atoms with Crippen LogP contribution >= 0.6 is 11.6 Å². The van der Waals surface area contributed by atoms with E-state index in [2.05, 4.69) is 10.3 Å². The summed E-state index contributed by atoms with van der Waals surface area (Å²) >= 11 is 6.18. The molecule has 3 aromatic rings. The van der Waals surface area contributed by atoms with Gasteiger partial charge in [0.15, 0.2) is 0 Å². The first-order chi connectivity index (χ1) is 11.6. The number of fused-ring (bicyclic) bond motifs is 1. The number of hydrogen-bond donors (Lipinski definition) is 2. The predicted octanol–water partition coefficient (Wildman–Crippen LogP) is 3.32. The van der Waals surface area contributed by atoms with Gasteiger partial charge < -0.3 is 11.1 Å². The number of primary amides is 1. The molecule has 0 aliphatic rings. The van der Waals surface area contributed by atoms with Gasteiger partial charge in [-0.25, -0.2) is 0 Å². The van der Waals surface area contributed by atoms with E-state index in [0.717, 1.165) is 35.0 Å². The monoisotopic (exact) mass is 339 g/mol. The first-order valence-corrected chi connectivity index (χ1v) is 8.14. The van der Waals surface area contributed by atoms with E-state index in [0.29, 0.717) is 17.1 Å². The van der Waals surface area contributed by atoms with Crippen LogP contribution in [0.4, 0.5) is 0 Å². The maximum absolute atomic E-state index is 11.2. The van der Waals surface area contributed by atoms with Gasteiger partial charge in [-0.1, -0.05) is 29.8 Å². The summed E-state index contributed by atoms with van der Waals surface area (Å²) in [6.07, 6.45) is 2.60. The van der Waals surface area contributed by atoms with Crippen molar-refractivity contribution >= 4 is 28.4 Å². The van der Waals surface area contributed by atoms with Crippen molar-refractivity contribution in [2.45, 2.75) is 13.0 Å². The summed E-state index contributed by atoms with van der Waals surface area (Å²) in [6.45, 7) is 1.46. The highest BCUT2D eigenvalue weighted by atomic mass is 35.5. The summed E-state index contributed by atoms with van der Waals surface area (Å²) in [4.78, 5) is 15.7. The zero-order valence-corrected chi connectivity index (χ0v) is 13.9. The Kier molecular flexibility index (Phi) is 5.08. The zero-order chi connectivity index (χ0) is 16.9. The quantitative estimate of drug-likeness (QED) is 0.677. The number of amides is 1. The molecule has 0 aliphatic carbocycles. The molecule has 3 rings (SSSR count). The SMILES string of the molecule is NC(=O)c1cccc(CCNCc2cc(Cl)cc3cccnc23)c1. The molecular weight excluding hydrogens is 322 g/mol. The molecular formula is C19H18ClN3O. The van der Waals surface area contributed by atoms with Crippen molar-refractivity contribution in [3.05, 3.63) is 76.4 Å². The van der Waals surface area contributed by atoms with Crippen LogP contribution in [0.15, 0.2) is 54.7 Å². The van der Waals surface area contributed by atoms with Crippen molar-refractivity contribution in [3.8, 4) is 0 Å². The van der Waals surface area contributed by atoms with Crippen molar-refractivity contribution in [3.63, 3.8) is 0 Å². The molecule has 0 saturated carbocycles. The topological polar surface area (TPSA) is 68.0 Å². The number of carbonyl (C=O) groups is 1. The van der Waals surface area contributed by atoms with Gasteiger partial charge in [-0.05, 0) is 54.4 Å². The lowest BCUT2D eigenvalue weighted by Gasteiger charge is -2.09. The number of nitrogens with zero attached hydrogens (tertiary/aromatic N) is 1. The van der Waals surface area contributed by atoms with Crippen molar-refractivity contribution in [1.29, 1.82) is 0 Å². The highest BCUT2D eigenvalue weighted by molar-refractivity contribution is 6.31. The number of nitrogens with two attached hydrogens (primary N) is 1. The number of hydrogen-bond acceptors (Lipinski definition) is 3. The largest absolute Gasteiger partial charge is 0.366 e. The van der Waals surface area contributed by atoms with E-state index in [4.69, 9.17) is 17.3 Å². The second kappa shape index (κ2) is 7.43. The van der Waals surface area contributed by atoms with Gasteiger partial charge in [-0.3, -0.25) is 9.78 Å². The van der Waals surface area contributed by atoms with Gasteiger partial charge >= 0.3 is 0 Å². The standard InChI is InChI=1S/C19H18ClN3O/c20-17-10-14-5-2-7-23-18(14)16(11-17)12-22-8-6-13-3-1-4-15(9-13)19(21)24/h1-5,7,9-11,22H,6,8,12H2,(H2,21,24). The van der Waals surface area contributed by atoms with E-state index in [1.165, 1.54) is 0 Å². The third-order valence-corrected chi connectivity index (χ3v) is 4.08. The molecule has 0 fully saturated rings. The summed E-state index contributed by atoms with van der Waals surface area (Å²) in [5.74, 6) is -0.402. The highest BCUT2D eigenvalue weighted by Gasteiger charge is 2.05. The Labute approximate surface area is 145 Å². The van der Waals surface area contributed by atoms with Crippen LogP contribution in [0.5, 0.6) is 0 Å². The maximum atomic E-state index is 11.2. The Bertz CT molecular complexity index is 879. The molecule has 0 spiro atoms. The number of pyridine rings is 1. The fraction of sp³-hybridized carbons (Fsp3) is 0.158. The molecule has 1 aromatic heterocycles. The lowest BCUT2D eigenvalue weighted by molar-refractivity contribution is 0.1000. The number of nitrogens with one attached hydrogen (secondary N) is 1. The van der Waals surface area contributed by atoms with Crippen LogP contribution in [0, 0.1) is 0 Å². The van der Waals surface area contributed by atoms with E-state index in [1.54, 1.807) is 12.3 Å². The second-order valence-electron chi connectivity index (χ2n) is 5.63. The molecule has 24 heavy (non-hydrogen) atoms. The number of rotatable bonds is 6. The summed E-state index contributed by atoms with van der Waals surface area (Å²) in [5, 5.41) is 5.15. The van der Waals surface area contributed by atoms with E-state index in [9.17, 15) is 4.79 Å². The fourth-order valence-electron chi connectivity index (χ4n) is 2.70. The van der Waals surface area contributed by atoms with Gasteiger partial charge in [0.05, 0.1) is 5.52 Å². The van der Waals surface area contributed by atoms with Crippen molar-refractivity contribution in [2.75, 3.05) is 6.54 Å². The summed E-state index contributed by atoms with van der Waals surface area (Å²) in [7, 11) is 0. The Morgan fingerprint density at radius 3 is 2.88 bits per heavy atom. The minimum atomic E-state index is -0.402. The number of halogens is 1. The van der Waals surface area contributed by atoms with Gasteiger partial charge in [0.25, 0.3) is 0 Å². The molecule has 3 N–H and O–H groups in total. The van der Waals surface area contributed by atoms with Crippen LogP contribution < -0.4 is 11.1 Å². The van der Waals surface area contributed by atoms with Crippen LogP contribution in [0.25, 0.3) is 10.9 Å². The van der Waals surface area contributed by atoms with E-state index in [1.807, 2.05) is 42.5 Å². The Balaban J connectivity index is 1.63. The molecule has 0 bridgehead atoms. The van der Waals surface area contributed by atoms with Crippen LogP contribution in [0.2, 0.25) is 5.02 Å². The molecule has 1 heterocycles. The molecule has 122 valence electrons. The fourth-order valence-corrected chi connectivity index (χ4v) is 2.95. The third kappa shape index (κ3) is 3.91. The average molecular weight is 340 g/mol. The maximum Gasteiger partial charge on any atom is 0.248 e. The first-order valence-electron chi connectivity index (χ1n) is 7.76. The lowest BCUT2D eigenvalue weighted by Crippen LogP contribution is -2.17.